The highest BCUT2D eigenvalue weighted by Gasteiger charge is 2.33. The molecular formula is C21H20F2N6O3S. The number of nitrogens with one attached hydrogen (secondary N) is 1. The van der Waals surface area contributed by atoms with Crippen LogP contribution in [0.3, 0.4) is 0 Å². The lowest BCUT2D eigenvalue weighted by molar-refractivity contribution is 0.0742. The molecule has 0 bridgehead atoms. The zero-order chi connectivity index (χ0) is 23.4. The maximum absolute atomic E-state index is 13.1. The second-order valence-electron chi connectivity index (χ2n) is 7.18. The van der Waals surface area contributed by atoms with Gasteiger partial charge in [-0.15, -0.1) is 0 Å². The monoisotopic (exact) mass is 474 g/mol. The van der Waals surface area contributed by atoms with Gasteiger partial charge < -0.3 is 15.1 Å². The molecule has 0 spiro atoms. The fourth-order valence-electron chi connectivity index (χ4n) is 3.45. The van der Waals surface area contributed by atoms with Crippen LogP contribution in [-0.2, 0) is 9.84 Å². The first-order valence-electron chi connectivity index (χ1n) is 10.0. The molecule has 1 N–H and O–H groups in total. The summed E-state index contributed by atoms with van der Waals surface area (Å²) in [6, 6.07) is 12.3. The largest absolute Gasteiger partial charge is 0.353 e. The Labute approximate surface area is 189 Å². The van der Waals surface area contributed by atoms with Gasteiger partial charge in [0, 0.05) is 38.4 Å². The first kappa shape index (κ1) is 22.5. The van der Waals surface area contributed by atoms with Crippen molar-refractivity contribution in [2.45, 2.75) is 10.7 Å². The lowest BCUT2D eigenvalue weighted by Crippen LogP contribution is -2.49. The molecule has 1 amide bonds. The number of carbonyl (C=O) groups is 1. The topological polar surface area (TPSA) is 108 Å². The van der Waals surface area contributed by atoms with Gasteiger partial charge in [-0.25, -0.2) is 23.4 Å². The molecule has 1 aliphatic heterocycles. The molecule has 2 aromatic heterocycles. The SMILES string of the molecule is O=C(c1ccccc1S(=O)(=O)C(F)F)N1CCN(c2cc(Nc3ccccn3)ncn2)CC1. The highest BCUT2D eigenvalue weighted by molar-refractivity contribution is 7.91. The summed E-state index contributed by atoms with van der Waals surface area (Å²) in [5.41, 5.74) is -0.255. The molecule has 1 fully saturated rings. The number of sulfone groups is 1. The summed E-state index contributed by atoms with van der Waals surface area (Å²) in [6.07, 6.45) is 3.08. The van der Waals surface area contributed by atoms with E-state index in [9.17, 15) is 22.0 Å². The Kier molecular flexibility index (Phi) is 6.45. The van der Waals surface area contributed by atoms with Gasteiger partial charge in [-0.05, 0) is 24.3 Å². The van der Waals surface area contributed by atoms with Crippen molar-refractivity contribution >= 4 is 33.2 Å². The number of pyridine rings is 1. The van der Waals surface area contributed by atoms with Crippen LogP contribution in [0.25, 0.3) is 0 Å². The van der Waals surface area contributed by atoms with Crippen LogP contribution in [-0.4, -0.2) is 66.1 Å². The van der Waals surface area contributed by atoms with E-state index >= 15 is 0 Å². The molecule has 0 radical (unpaired) electrons. The second-order valence-corrected chi connectivity index (χ2v) is 9.07. The number of hydrogen-bond acceptors (Lipinski definition) is 8. The van der Waals surface area contributed by atoms with Crippen molar-refractivity contribution in [1.29, 1.82) is 0 Å². The summed E-state index contributed by atoms with van der Waals surface area (Å²) in [4.78, 5) is 28.4. The highest BCUT2D eigenvalue weighted by Crippen LogP contribution is 2.25. The van der Waals surface area contributed by atoms with Crippen LogP contribution >= 0.6 is 0 Å². The third kappa shape index (κ3) is 4.90. The first-order valence-corrected chi connectivity index (χ1v) is 11.6. The Bertz CT molecular complexity index is 1240. The molecule has 1 aliphatic rings. The number of piperazine rings is 1. The van der Waals surface area contributed by atoms with Crippen LogP contribution in [0.5, 0.6) is 0 Å². The van der Waals surface area contributed by atoms with Gasteiger partial charge in [0.25, 0.3) is 5.91 Å². The van der Waals surface area contributed by atoms with Gasteiger partial charge >= 0.3 is 5.76 Å². The van der Waals surface area contributed by atoms with Gasteiger partial charge in [0.2, 0.25) is 9.84 Å². The number of amides is 1. The molecule has 3 aromatic rings. The van der Waals surface area contributed by atoms with Crippen LogP contribution in [0.2, 0.25) is 0 Å². The molecule has 1 saturated heterocycles. The van der Waals surface area contributed by atoms with E-state index in [0.29, 0.717) is 30.5 Å². The van der Waals surface area contributed by atoms with Gasteiger partial charge in [0.05, 0.1) is 10.5 Å². The molecule has 33 heavy (non-hydrogen) atoms. The van der Waals surface area contributed by atoms with Crippen molar-refractivity contribution in [1.82, 2.24) is 19.9 Å². The third-order valence-corrected chi connectivity index (χ3v) is 6.56. The van der Waals surface area contributed by atoms with Crippen molar-refractivity contribution in [3.05, 3.63) is 66.6 Å². The lowest BCUT2D eigenvalue weighted by Gasteiger charge is -2.35. The average molecular weight is 474 g/mol. The normalized spacial score (nSPS) is 14.4. The molecular weight excluding hydrogens is 454 g/mol. The van der Waals surface area contributed by atoms with Crippen molar-refractivity contribution in [2.24, 2.45) is 0 Å². The minimum Gasteiger partial charge on any atom is -0.353 e. The van der Waals surface area contributed by atoms with E-state index in [0.717, 1.165) is 6.07 Å². The van der Waals surface area contributed by atoms with Gasteiger partial charge in [-0.1, -0.05) is 18.2 Å². The highest BCUT2D eigenvalue weighted by atomic mass is 32.2. The average Bonchev–Trinajstić information content (AvgIpc) is 2.84. The minimum absolute atomic E-state index is 0.255. The Morgan fingerprint density at radius 3 is 2.36 bits per heavy atom. The zero-order valence-electron chi connectivity index (χ0n) is 17.3. The summed E-state index contributed by atoms with van der Waals surface area (Å²) in [5, 5.41) is 3.09. The van der Waals surface area contributed by atoms with Gasteiger partial charge in [0.1, 0.15) is 23.8 Å². The summed E-state index contributed by atoms with van der Waals surface area (Å²) in [5.74, 6) is -2.36. The van der Waals surface area contributed by atoms with E-state index in [-0.39, 0.29) is 18.7 Å². The molecule has 12 heteroatoms. The molecule has 172 valence electrons. The quantitative estimate of drug-likeness (QED) is 0.581. The smallest absolute Gasteiger partial charge is 0.341 e. The number of alkyl halides is 2. The van der Waals surface area contributed by atoms with E-state index < -0.39 is 26.4 Å². The van der Waals surface area contributed by atoms with Crippen LogP contribution in [0.15, 0.2) is 66.0 Å². The van der Waals surface area contributed by atoms with Crippen molar-refractivity contribution in [3.8, 4) is 0 Å². The zero-order valence-corrected chi connectivity index (χ0v) is 18.1. The molecule has 0 unspecified atom stereocenters. The molecule has 0 saturated carbocycles. The molecule has 0 aliphatic carbocycles. The summed E-state index contributed by atoms with van der Waals surface area (Å²) < 4.78 is 50.1. The number of carbonyl (C=O) groups excluding carboxylic acids is 1. The van der Waals surface area contributed by atoms with Crippen molar-refractivity contribution in [2.75, 3.05) is 36.4 Å². The summed E-state index contributed by atoms with van der Waals surface area (Å²) in [7, 11) is -4.90. The summed E-state index contributed by atoms with van der Waals surface area (Å²) >= 11 is 0. The second kappa shape index (κ2) is 9.45. The van der Waals surface area contributed by atoms with E-state index in [2.05, 4.69) is 20.3 Å². The first-order chi connectivity index (χ1) is 15.9. The molecule has 3 heterocycles. The molecule has 9 nitrogen and oxygen atoms in total. The van der Waals surface area contributed by atoms with Gasteiger partial charge in [-0.3, -0.25) is 4.79 Å². The van der Waals surface area contributed by atoms with E-state index in [1.807, 2.05) is 11.0 Å². The number of aromatic nitrogens is 3. The van der Waals surface area contributed by atoms with Gasteiger partial charge in [0.15, 0.2) is 0 Å². The Morgan fingerprint density at radius 2 is 1.67 bits per heavy atom. The Balaban J connectivity index is 1.45. The standard InChI is InChI=1S/C21H20F2N6O3S/c22-21(23)33(31,32)16-6-2-1-5-15(16)20(30)29-11-9-28(10-12-29)19-13-18(25-14-26-19)27-17-7-3-4-8-24-17/h1-8,13-14,21H,9-12H2,(H,24,25,26,27). The molecule has 1 aromatic carbocycles. The molecule has 4 rings (SSSR count). The van der Waals surface area contributed by atoms with Crippen LogP contribution in [0.4, 0.5) is 26.2 Å². The Morgan fingerprint density at radius 1 is 0.939 bits per heavy atom. The van der Waals surface area contributed by atoms with Crippen LogP contribution < -0.4 is 10.2 Å². The number of halogens is 2. The number of benzene rings is 1. The summed E-state index contributed by atoms with van der Waals surface area (Å²) in [6.45, 7) is 1.40. The maximum atomic E-state index is 13.1. The van der Waals surface area contributed by atoms with Crippen LogP contribution in [0.1, 0.15) is 10.4 Å². The van der Waals surface area contributed by atoms with Crippen molar-refractivity contribution in [3.63, 3.8) is 0 Å². The third-order valence-electron chi connectivity index (χ3n) is 5.12. The predicted octanol–water partition coefficient (Wildman–Crippen LogP) is 2.57. The number of hydrogen-bond donors (Lipinski definition) is 1. The van der Waals surface area contributed by atoms with E-state index in [1.165, 1.54) is 29.4 Å². The number of anilines is 3. The molecule has 0 atom stereocenters. The fraction of sp³-hybridized carbons (Fsp3) is 0.238. The van der Waals surface area contributed by atoms with Crippen molar-refractivity contribution < 1.29 is 22.0 Å². The minimum atomic E-state index is -4.90. The van der Waals surface area contributed by atoms with Gasteiger partial charge in [-0.2, -0.15) is 8.78 Å². The predicted molar refractivity (Wildman–Crippen MR) is 117 cm³/mol. The fourth-order valence-corrected chi connectivity index (χ4v) is 4.37. The van der Waals surface area contributed by atoms with E-state index in [4.69, 9.17) is 0 Å². The van der Waals surface area contributed by atoms with Crippen LogP contribution in [0, 0.1) is 0 Å². The number of rotatable bonds is 6. The van der Waals surface area contributed by atoms with E-state index in [1.54, 1.807) is 24.4 Å². The number of nitrogens with zero attached hydrogens (tertiary/aromatic N) is 5. The lowest BCUT2D eigenvalue weighted by atomic mass is 10.2. The maximum Gasteiger partial charge on any atom is 0.341 e. The Hall–Kier alpha value is -3.67.